The molecular formula is C70H88N4. The smallest absolute Gasteiger partial charge is 0.0508 e. The molecular weight excluding hydrogens is 897 g/mol. The number of nitrogens with zero attached hydrogens (tertiary/aromatic N) is 4. The van der Waals surface area contributed by atoms with Gasteiger partial charge in [0.2, 0.25) is 0 Å². The van der Waals surface area contributed by atoms with Crippen LogP contribution in [-0.2, 0) is 0 Å². The molecule has 3 saturated heterocycles. The number of allylic oxidation sites excluding steroid dienone is 20. The average molecular weight is 986 g/mol. The summed E-state index contributed by atoms with van der Waals surface area (Å²) >= 11 is 0. The monoisotopic (exact) mass is 985 g/mol. The summed E-state index contributed by atoms with van der Waals surface area (Å²) in [5.41, 5.74) is 9.65. The van der Waals surface area contributed by atoms with E-state index in [-0.39, 0.29) is 0 Å². The lowest BCUT2D eigenvalue weighted by atomic mass is 9.63. The van der Waals surface area contributed by atoms with E-state index in [2.05, 4.69) is 153 Å². The van der Waals surface area contributed by atoms with Crippen molar-refractivity contribution in [2.24, 2.45) is 65.1 Å². The van der Waals surface area contributed by atoms with Crippen molar-refractivity contribution in [3.8, 4) is 0 Å². The summed E-state index contributed by atoms with van der Waals surface area (Å²) < 4.78 is 0. The molecule has 4 heteroatoms. The first-order valence-corrected chi connectivity index (χ1v) is 31.4. The van der Waals surface area contributed by atoms with Crippen molar-refractivity contribution in [3.05, 3.63) is 168 Å². The first-order chi connectivity index (χ1) is 36.7. The summed E-state index contributed by atoms with van der Waals surface area (Å²) in [7, 11) is 0. The lowest BCUT2D eigenvalue weighted by Crippen LogP contribution is -2.41. The van der Waals surface area contributed by atoms with Crippen molar-refractivity contribution in [1.82, 2.24) is 19.6 Å². The third kappa shape index (κ3) is 8.07. The number of fused-ring (bicyclic) bond motifs is 9. The Labute approximate surface area is 446 Å². The standard InChI is InChI=1S/C70H88N4/c1-5-17-47(18-6-1)63-41-42-64(71(63)53-19-7-2-8-20-53)48-29-35-56(36-30-48)74-69-39-33-51(49-31-37-67-59(43-49)57-25-13-15-27-65(57)72(67)54-21-9-3-10-22-54)45-61(69)62-46-52(34-40-70(62)74)50-32-38-68-60(44-50)58-26-14-16-28-66(58)73(68)55-23-11-4-12-24-55/h3-5,9,11,15-17,19,21,23,27-29,31,33-35,37,39-40,42,47,49-52,57-63,65-70H,1-2,6-8,10,12-14,18,20,22,24-26,30,32,36,38,41,43-46H2. The van der Waals surface area contributed by atoms with E-state index in [9.17, 15) is 0 Å². The van der Waals surface area contributed by atoms with Gasteiger partial charge in [0.1, 0.15) is 0 Å². The van der Waals surface area contributed by atoms with Crippen molar-refractivity contribution in [1.29, 1.82) is 0 Å². The Morgan fingerprint density at radius 2 is 0.986 bits per heavy atom. The molecule has 0 N–H and O–H groups in total. The van der Waals surface area contributed by atoms with Gasteiger partial charge >= 0.3 is 0 Å². The predicted octanol–water partition coefficient (Wildman–Crippen LogP) is 15.9. The Kier molecular flexibility index (Phi) is 12.6. The fraction of sp³-hybridized carbons (Fsp3) is 0.600. The Morgan fingerprint density at radius 3 is 1.64 bits per heavy atom. The van der Waals surface area contributed by atoms with Gasteiger partial charge in [-0.2, -0.15) is 0 Å². The van der Waals surface area contributed by atoms with Crippen LogP contribution in [0.15, 0.2) is 168 Å². The quantitative estimate of drug-likeness (QED) is 0.225. The second-order valence-corrected chi connectivity index (χ2v) is 26.5. The van der Waals surface area contributed by atoms with Gasteiger partial charge < -0.3 is 19.6 Å². The third-order valence-corrected chi connectivity index (χ3v) is 23.1. The average Bonchev–Trinajstić information content (AvgIpc) is 4.25. The van der Waals surface area contributed by atoms with E-state index in [1.807, 2.05) is 0 Å². The molecule has 15 rings (SSSR count). The van der Waals surface area contributed by atoms with Gasteiger partial charge in [-0.1, -0.05) is 115 Å². The topological polar surface area (TPSA) is 13.0 Å². The van der Waals surface area contributed by atoms with Crippen LogP contribution in [-0.4, -0.2) is 61.9 Å². The molecule has 388 valence electrons. The largest absolute Gasteiger partial charge is 0.365 e. The van der Waals surface area contributed by atoms with Crippen molar-refractivity contribution in [2.45, 2.75) is 196 Å². The lowest BCUT2D eigenvalue weighted by molar-refractivity contribution is 0.119. The highest BCUT2D eigenvalue weighted by molar-refractivity contribution is 5.44. The Hall–Kier alpha value is -4.44. The van der Waals surface area contributed by atoms with Crippen LogP contribution in [0.25, 0.3) is 0 Å². The highest BCUT2D eigenvalue weighted by Gasteiger charge is 2.56. The van der Waals surface area contributed by atoms with Crippen LogP contribution in [0.1, 0.15) is 154 Å². The molecule has 0 aromatic carbocycles. The van der Waals surface area contributed by atoms with E-state index in [1.165, 1.54) is 154 Å². The predicted molar refractivity (Wildman–Crippen MR) is 305 cm³/mol. The molecule has 15 aliphatic rings. The normalized spacial score (nSPS) is 43.7. The molecule has 0 amide bonds. The lowest BCUT2D eigenvalue weighted by Gasteiger charge is -2.43. The molecule has 11 aliphatic carbocycles. The van der Waals surface area contributed by atoms with Crippen molar-refractivity contribution in [3.63, 3.8) is 0 Å². The Morgan fingerprint density at radius 1 is 0.351 bits per heavy atom. The van der Waals surface area contributed by atoms with Crippen LogP contribution in [0.5, 0.6) is 0 Å². The van der Waals surface area contributed by atoms with Crippen LogP contribution in [0.2, 0.25) is 0 Å². The molecule has 74 heavy (non-hydrogen) atoms. The van der Waals surface area contributed by atoms with E-state index in [1.54, 1.807) is 34.1 Å². The first-order valence-electron chi connectivity index (χ1n) is 31.4. The maximum Gasteiger partial charge on any atom is 0.0508 e. The Balaban J connectivity index is 0.723. The molecule has 4 nitrogen and oxygen atoms in total. The van der Waals surface area contributed by atoms with Crippen molar-refractivity contribution >= 4 is 0 Å². The van der Waals surface area contributed by atoms with E-state index in [0.29, 0.717) is 54.0 Å². The summed E-state index contributed by atoms with van der Waals surface area (Å²) in [5, 5.41) is 0. The Bertz CT molecular complexity index is 2620. The number of hydrogen-bond donors (Lipinski definition) is 0. The van der Waals surface area contributed by atoms with Gasteiger partial charge in [0.05, 0.1) is 30.2 Å². The molecule has 0 bridgehead atoms. The summed E-state index contributed by atoms with van der Waals surface area (Å²) in [6.45, 7) is 0. The zero-order valence-electron chi connectivity index (χ0n) is 44.9. The van der Waals surface area contributed by atoms with Gasteiger partial charge in [-0.3, -0.25) is 0 Å². The molecule has 0 aromatic rings. The molecule has 1 saturated carbocycles. The SMILES string of the molecule is C1=CCCC(N2C3C=CCCC3C3CC(C4C=CC5C(C4)C4CC(C6CCC7C(C6)C6CCC=CC6N7C6=CC=CCC6)C=CC4N5C4=CC=C(C5=CCC(C6C=CCCC6)N5C5=CCCCC5)CC4)C=CC32)=C1. The van der Waals surface area contributed by atoms with Crippen LogP contribution < -0.4 is 0 Å². The number of rotatable bonds is 8. The van der Waals surface area contributed by atoms with Gasteiger partial charge in [0.15, 0.2) is 0 Å². The van der Waals surface area contributed by atoms with Gasteiger partial charge in [0, 0.05) is 40.6 Å². The zero-order valence-corrected chi connectivity index (χ0v) is 44.9. The van der Waals surface area contributed by atoms with Gasteiger partial charge in [0.25, 0.3) is 0 Å². The van der Waals surface area contributed by atoms with Crippen LogP contribution >= 0.6 is 0 Å². The van der Waals surface area contributed by atoms with E-state index in [0.717, 1.165) is 53.4 Å². The third-order valence-electron chi connectivity index (χ3n) is 23.1. The zero-order chi connectivity index (χ0) is 48.7. The highest BCUT2D eigenvalue weighted by Crippen LogP contribution is 2.58. The second-order valence-electron chi connectivity index (χ2n) is 26.5. The fourth-order valence-corrected chi connectivity index (χ4v) is 19.9. The van der Waals surface area contributed by atoms with Crippen molar-refractivity contribution in [2.75, 3.05) is 0 Å². The molecule has 4 aliphatic heterocycles. The van der Waals surface area contributed by atoms with Crippen LogP contribution in [0.3, 0.4) is 0 Å². The molecule has 18 atom stereocenters. The molecule has 0 spiro atoms. The minimum Gasteiger partial charge on any atom is -0.365 e. The second kappa shape index (κ2) is 19.8. The maximum atomic E-state index is 3.03. The van der Waals surface area contributed by atoms with Crippen LogP contribution in [0.4, 0.5) is 0 Å². The molecule has 18 unspecified atom stereocenters. The van der Waals surface area contributed by atoms with Crippen molar-refractivity contribution < 1.29 is 0 Å². The minimum atomic E-state index is 0.510. The van der Waals surface area contributed by atoms with E-state index in [4.69, 9.17) is 0 Å². The summed E-state index contributed by atoms with van der Waals surface area (Å²) in [6.07, 6.45) is 88.2. The fourth-order valence-electron chi connectivity index (χ4n) is 19.9. The van der Waals surface area contributed by atoms with Crippen LogP contribution in [0, 0.1) is 65.1 Å². The van der Waals surface area contributed by atoms with Gasteiger partial charge in [-0.15, -0.1) is 0 Å². The highest BCUT2D eigenvalue weighted by atomic mass is 15.3. The maximum absolute atomic E-state index is 3.03. The number of likely N-dealkylation sites (tertiary alicyclic amines) is 3. The summed E-state index contributed by atoms with van der Waals surface area (Å²) in [6, 6.07) is 4.13. The molecule has 0 aromatic heterocycles. The number of hydrogen-bond acceptors (Lipinski definition) is 4. The summed E-state index contributed by atoms with van der Waals surface area (Å²) in [5.74, 6) is 8.21. The van der Waals surface area contributed by atoms with Gasteiger partial charge in [-0.25, -0.2) is 0 Å². The first kappa shape index (κ1) is 46.8. The summed E-state index contributed by atoms with van der Waals surface area (Å²) in [4.78, 5) is 11.8. The molecule has 0 radical (unpaired) electrons. The van der Waals surface area contributed by atoms with Gasteiger partial charge in [-0.05, 0) is 243 Å². The minimum absolute atomic E-state index is 0.510. The molecule has 4 heterocycles. The molecule has 4 fully saturated rings. The van der Waals surface area contributed by atoms with E-state index < -0.39 is 0 Å². The van der Waals surface area contributed by atoms with E-state index >= 15 is 0 Å².